The summed E-state index contributed by atoms with van der Waals surface area (Å²) in [6, 6.07) is 0. The zero-order valence-electron chi connectivity index (χ0n) is 11.4. The number of carbonyl (C=O) groups excluding carboxylic acids is 2. The lowest BCUT2D eigenvalue weighted by Gasteiger charge is -2.34. The minimum Gasteiger partial charge on any atom is -0.355 e. The Morgan fingerprint density at radius 3 is 2.33 bits per heavy atom. The van der Waals surface area contributed by atoms with Gasteiger partial charge in [0.15, 0.2) is 0 Å². The van der Waals surface area contributed by atoms with Gasteiger partial charge in [-0.2, -0.15) is 0 Å². The molecule has 0 bridgehead atoms. The van der Waals surface area contributed by atoms with E-state index in [-0.39, 0.29) is 11.8 Å². The van der Waals surface area contributed by atoms with Gasteiger partial charge in [0.25, 0.3) is 0 Å². The summed E-state index contributed by atoms with van der Waals surface area (Å²) in [4.78, 5) is 26.7. The summed E-state index contributed by atoms with van der Waals surface area (Å²) in [5, 5.41) is 5.84. The van der Waals surface area contributed by atoms with Gasteiger partial charge in [-0.3, -0.25) is 14.5 Å². The fourth-order valence-corrected chi connectivity index (χ4v) is 1.97. The van der Waals surface area contributed by atoms with Crippen molar-refractivity contribution in [2.75, 3.05) is 52.9 Å². The minimum absolute atomic E-state index is 0.0896. The smallest absolute Gasteiger partial charge is 0.221 e. The highest BCUT2D eigenvalue weighted by atomic mass is 16.2. The van der Waals surface area contributed by atoms with Gasteiger partial charge in [-0.25, -0.2) is 0 Å². The van der Waals surface area contributed by atoms with Crippen molar-refractivity contribution in [3.8, 4) is 0 Å². The highest BCUT2D eigenvalue weighted by Gasteiger charge is 2.17. The molecule has 6 nitrogen and oxygen atoms in total. The quantitative estimate of drug-likeness (QED) is 0.631. The van der Waals surface area contributed by atoms with E-state index in [0.717, 1.165) is 32.7 Å². The zero-order valence-corrected chi connectivity index (χ0v) is 11.4. The van der Waals surface area contributed by atoms with Crippen LogP contribution in [-0.4, -0.2) is 74.5 Å². The van der Waals surface area contributed by atoms with E-state index >= 15 is 0 Å². The molecule has 0 aromatic carbocycles. The monoisotopic (exact) mass is 256 g/mol. The first-order valence-electron chi connectivity index (χ1n) is 6.52. The molecule has 1 fully saturated rings. The molecule has 1 saturated heterocycles. The number of piperazine rings is 1. The summed E-state index contributed by atoms with van der Waals surface area (Å²) in [7, 11) is 1.84. The Morgan fingerprint density at radius 2 is 1.78 bits per heavy atom. The number of hydrogen-bond donors (Lipinski definition) is 2. The van der Waals surface area contributed by atoms with Crippen molar-refractivity contribution in [2.24, 2.45) is 0 Å². The van der Waals surface area contributed by atoms with Crippen LogP contribution in [0.5, 0.6) is 0 Å². The second kappa shape index (κ2) is 8.05. The largest absolute Gasteiger partial charge is 0.355 e. The van der Waals surface area contributed by atoms with Crippen LogP contribution in [0.1, 0.15) is 13.3 Å². The summed E-state index contributed by atoms with van der Waals surface area (Å²) >= 11 is 0. The first-order chi connectivity index (χ1) is 8.63. The van der Waals surface area contributed by atoms with E-state index in [1.807, 2.05) is 11.9 Å². The van der Waals surface area contributed by atoms with Crippen LogP contribution >= 0.6 is 0 Å². The van der Waals surface area contributed by atoms with Crippen molar-refractivity contribution < 1.29 is 9.59 Å². The predicted octanol–water partition coefficient (Wildman–Crippen LogP) is -1.12. The molecule has 2 N–H and O–H groups in total. The average molecular weight is 256 g/mol. The molecule has 6 heteroatoms. The lowest BCUT2D eigenvalue weighted by atomic mass is 10.3. The van der Waals surface area contributed by atoms with Crippen LogP contribution in [0.15, 0.2) is 0 Å². The van der Waals surface area contributed by atoms with Crippen LogP contribution in [0.25, 0.3) is 0 Å². The first-order valence-corrected chi connectivity index (χ1v) is 6.52. The standard InChI is InChI=1S/C12H24N4O2/c1-11(17)16-9-7-15(8-10-16)6-5-14-12(18)3-4-13-2/h13H,3-10H2,1-2H3,(H,14,18). The maximum absolute atomic E-state index is 11.4. The molecule has 0 aliphatic carbocycles. The number of amides is 2. The van der Waals surface area contributed by atoms with Crippen LogP contribution in [0, 0.1) is 0 Å². The number of nitrogens with zero attached hydrogens (tertiary/aromatic N) is 2. The van der Waals surface area contributed by atoms with E-state index in [9.17, 15) is 9.59 Å². The average Bonchev–Trinajstić information content (AvgIpc) is 2.37. The van der Waals surface area contributed by atoms with E-state index in [4.69, 9.17) is 0 Å². The molecular weight excluding hydrogens is 232 g/mol. The predicted molar refractivity (Wildman–Crippen MR) is 70.2 cm³/mol. The van der Waals surface area contributed by atoms with Crippen LogP contribution in [0.3, 0.4) is 0 Å². The summed E-state index contributed by atoms with van der Waals surface area (Å²) < 4.78 is 0. The maximum atomic E-state index is 11.4. The normalized spacial score (nSPS) is 16.7. The van der Waals surface area contributed by atoms with Gasteiger partial charge < -0.3 is 15.5 Å². The molecule has 0 atom stereocenters. The molecule has 0 radical (unpaired) electrons. The second-order valence-corrected chi connectivity index (χ2v) is 4.55. The Labute approximate surface area is 109 Å². The molecule has 2 amide bonds. The topological polar surface area (TPSA) is 64.7 Å². The van der Waals surface area contributed by atoms with Crippen LogP contribution in [-0.2, 0) is 9.59 Å². The third-order valence-electron chi connectivity index (χ3n) is 3.17. The molecular formula is C12H24N4O2. The molecule has 0 saturated carbocycles. The number of carbonyl (C=O) groups is 2. The second-order valence-electron chi connectivity index (χ2n) is 4.55. The van der Waals surface area contributed by atoms with Crippen molar-refractivity contribution >= 4 is 11.8 Å². The molecule has 0 aromatic heterocycles. The third kappa shape index (κ3) is 5.46. The van der Waals surface area contributed by atoms with Gasteiger partial charge in [-0.15, -0.1) is 0 Å². The van der Waals surface area contributed by atoms with Gasteiger partial charge >= 0.3 is 0 Å². The Kier molecular flexibility index (Phi) is 6.67. The maximum Gasteiger partial charge on any atom is 0.221 e. The Hall–Kier alpha value is -1.14. The summed E-state index contributed by atoms with van der Waals surface area (Å²) in [5.74, 6) is 0.238. The summed E-state index contributed by atoms with van der Waals surface area (Å²) in [5.41, 5.74) is 0. The van der Waals surface area contributed by atoms with Gasteiger partial charge in [0.2, 0.25) is 11.8 Å². The van der Waals surface area contributed by atoms with E-state index in [2.05, 4.69) is 15.5 Å². The number of rotatable bonds is 6. The molecule has 0 spiro atoms. The van der Waals surface area contributed by atoms with Gasteiger partial charge in [0, 0.05) is 59.2 Å². The summed E-state index contributed by atoms with van der Waals surface area (Å²) in [6.07, 6.45) is 0.522. The van der Waals surface area contributed by atoms with E-state index in [0.29, 0.717) is 19.5 Å². The molecule has 1 rings (SSSR count). The van der Waals surface area contributed by atoms with E-state index in [1.54, 1.807) is 6.92 Å². The molecule has 0 aromatic rings. The molecule has 104 valence electrons. The van der Waals surface area contributed by atoms with Gasteiger partial charge in [-0.1, -0.05) is 0 Å². The first kappa shape index (κ1) is 14.9. The van der Waals surface area contributed by atoms with Crippen molar-refractivity contribution in [1.82, 2.24) is 20.4 Å². The SMILES string of the molecule is CNCCC(=O)NCCN1CCN(C(C)=O)CC1. The van der Waals surface area contributed by atoms with Crippen molar-refractivity contribution in [1.29, 1.82) is 0 Å². The number of hydrogen-bond acceptors (Lipinski definition) is 4. The van der Waals surface area contributed by atoms with Gasteiger partial charge in [0.05, 0.1) is 0 Å². The van der Waals surface area contributed by atoms with Crippen LogP contribution < -0.4 is 10.6 Å². The third-order valence-corrected chi connectivity index (χ3v) is 3.17. The molecule has 1 aliphatic rings. The Balaban J connectivity index is 2.07. The van der Waals surface area contributed by atoms with Crippen molar-refractivity contribution in [3.05, 3.63) is 0 Å². The fraction of sp³-hybridized carbons (Fsp3) is 0.833. The van der Waals surface area contributed by atoms with Crippen molar-refractivity contribution in [3.63, 3.8) is 0 Å². The Bertz CT molecular complexity index is 275. The van der Waals surface area contributed by atoms with E-state index in [1.165, 1.54) is 0 Å². The highest BCUT2D eigenvalue weighted by molar-refractivity contribution is 5.76. The fourth-order valence-electron chi connectivity index (χ4n) is 1.97. The molecule has 1 heterocycles. The van der Waals surface area contributed by atoms with Gasteiger partial charge in [-0.05, 0) is 7.05 Å². The van der Waals surface area contributed by atoms with Crippen LogP contribution in [0.2, 0.25) is 0 Å². The van der Waals surface area contributed by atoms with Gasteiger partial charge in [0.1, 0.15) is 0 Å². The minimum atomic E-state index is 0.0896. The Morgan fingerprint density at radius 1 is 1.11 bits per heavy atom. The summed E-state index contributed by atoms with van der Waals surface area (Å²) in [6.45, 7) is 7.24. The molecule has 1 aliphatic heterocycles. The van der Waals surface area contributed by atoms with E-state index < -0.39 is 0 Å². The zero-order chi connectivity index (χ0) is 13.4. The lowest BCUT2D eigenvalue weighted by molar-refractivity contribution is -0.130. The van der Waals surface area contributed by atoms with Crippen molar-refractivity contribution in [2.45, 2.75) is 13.3 Å². The molecule has 18 heavy (non-hydrogen) atoms. The van der Waals surface area contributed by atoms with Crippen LogP contribution in [0.4, 0.5) is 0 Å². The molecule has 0 unspecified atom stereocenters. The number of nitrogens with one attached hydrogen (secondary N) is 2. The highest BCUT2D eigenvalue weighted by Crippen LogP contribution is 2.00. The lowest BCUT2D eigenvalue weighted by Crippen LogP contribution is -2.49.